The van der Waals surface area contributed by atoms with Crippen LogP contribution in [0.5, 0.6) is 0 Å². The van der Waals surface area contributed by atoms with Crippen molar-refractivity contribution in [1.82, 2.24) is 15.2 Å². The molecule has 0 saturated heterocycles. The van der Waals surface area contributed by atoms with Crippen LogP contribution in [0.3, 0.4) is 0 Å². The zero-order valence-electron chi connectivity index (χ0n) is 13.9. The SMILES string of the molecule is CC(C)(C)OC(=O)Nc1cc(CC(=S)NN)nn1-c1ccccc1. The fraction of sp³-hybridized carbons (Fsp3) is 0.312. The quantitative estimate of drug-likeness (QED) is 0.447. The van der Waals surface area contributed by atoms with E-state index in [4.69, 9.17) is 22.8 Å². The van der Waals surface area contributed by atoms with Crippen molar-refractivity contribution >= 4 is 29.1 Å². The number of carbonyl (C=O) groups is 1. The van der Waals surface area contributed by atoms with Crippen LogP contribution in [0, 0.1) is 0 Å². The van der Waals surface area contributed by atoms with Crippen molar-refractivity contribution in [3.63, 3.8) is 0 Å². The highest BCUT2D eigenvalue weighted by atomic mass is 32.1. The Morgan fingerprint density at radius 1 is 1.33 bits per heavy atom. The molecule has 0 aliphatic rings. The molecule has 24 heavy (non-hydrogen) atoms. The number of nitrogens with zero attached hydrogens (tertiary/aromatic N) is 2. The normalized spacial score (nSPS) is 11.0. The highest BCUT2D eigenvalue weighted by molar-refractivity contribution is 7.80. The van der Waals surface area contributed by atoms with E-state index >= 15 is 0 Å². The highest BCUT2D eigenvalue weighted by Crippen LogP contribution is 2.19. The van der Waals surface area contributed by atoms with Gasteiger partial charge in [-0.3, -0.25) is 11.2 Å². The number of ether oxygens (including phenoxy) is 1. The molecule has 2 aromatic rings. The summed E-state index contributed by atoms with van der Waals surface area (Å²) < 4.78 is 6.92. The number of thiocarbonyl (C=S) groups is 1. The Morgan fingerprint density at radius 2 is 2.00 bits per heavy atom. The number of anilines is 1. The molecule has 128 valence electrons. The fourth-order valence-electron chi connectivity index (χ4n) is 2.00. The van der Waals surface area contributed by atoms with E-state index in [0.29, 0.717) is 22.9 Å². The van der Waals surface area contributed by atoms with Crippen LogP contribution in [-0.2, 0) is 11.2 Å². The Labute approximate surface area is 146 Å². The van der Waals surface area contributed by atoms with Gasteiger partial charge in [-0.15, -0.1) is 0 Å². The average molecular weight is 347 g/mol. The summed E-state index contributed by atoms with van der Waals surface area (Å²) >= 11 is 5.07. The molecule has 0 bridgehead atoms. The van der Waals surface area contributed by atoms with Crippen molar-refractivity contribution in [3.8, 4) is 5.69 Å². The summed E-state index contributed by atoms with van der Waals surface area (Å²) in [7, 11) is 0. The van der Waals surface area contributed by atoms with E-state index in [1.54, 1.807) is 31.5 Å². The maximum Gasteiger partial charge on any atom is 0.413 e. The number of rotatable bonds is 4. The minimum atomic E-state index is -0.588. The molecule has 1 aromatic carbocycles. The van der Waals surface area contributed by atoms with Crippen LogP contribution in [0.2, 0.25) is 0 Å². The molecule has 7 nitrogen and oxygen atoms in total. The molecule has 0 fully saturated rings. The maximum absolute atomic E-state index is 12.1. The van der Waals surface area contributed by atoms with E-state index < -0.39 is 11.7 Å². The number of hydrazine groups is 1. The minimum Gasteiger partial charge on any atom is -0.444 e. The first-order valence-corrected chi connectivity index (χ1v) is 7.83. The summed E-state index contributed by atoms with van der Waals surface area (Å²) in [5.41, 5.74) is 3.32. The molecule has 0 spiro atoms. The Kier molecular flexibility index (Phi) is 5.53. The number of para-hydroxylation sites is 1. The first-order chi connectivity index (χ1) is 11.3. The van der Waals surface area contributed by atoms with Gasteiger partial charge in [0.1, 0.15) is 11.4 Å². The average Bonchev–Trinajstić information content (AvgIpc) is 2.88. The molecule has 1 heterocycles. The zero-order valence-corrected chi connectivity index (χ0v) is 14.7. The minimum absolute atomic E-state index is 0.370. The van der Waals surface area contributed by atoms with E-state index in [0.717, 1.165) is 5.69 Å². The number of aromatic nitrogens is 2. The zero-order chi connectivity index (χ0) is 17.7. The van der Waals surface area contributed by atoms with Gasteiger partial charge in [0.2, 0.25) is 0 Å². The molecular weight excluding hydrogens is 326 g/mol. The molecule has 0 aliphatic heterocycles. The van der Waals surface area contributed by atoms with Crippen molar-refractivity contribution in [2.24, 2.45) is 5.84 Å². The molecule has 0 unspecified atom stereocenters. The molecule has 2 rings (SSSR count). The second kappa shape index (κ2) is 7.41. The van der Waals surface area contributed by atoms with Gasteiger partial charge in [0.15, 0.2) is 0 Å². The summed E-state index contributed by atoms with van der Waals surface area (Å²) in [6.07, 6.45) is -0.181. The second-order valence-electron chi connectivity index (χ2n) is 6.14. The van der Waals surface area contributed by atoms with Crippen molar-refractivity contribution in [2.45, 2.75) is 32.8 Å². The second-order valence-corrected chi connectivity index (χ2v) is 6.63. The van der Waals surface area contributed by atoms with E-state index in [9.17, 15) is 4.79 Å². The maximum atomic E-state index is 12.1. The van der Waals surface area contributed by atoms with Crippen LogP contribution in [0.4, 0.5) is 10.6 Å². The topological polar surface area (TPSA) is 94.2 Å². The van der Waals surface area contributed by atoms with Crippen LogP contribution < -0.4 is 16.6 Å². The molecule has 4 N–H and O–H groups in total. The van der Waals surface area contributed by atoms with Gasteiger partial charge >= 0.3 is 6.09 Å². The largest absolute Gasteiger partial charge is 0.444 e. The van der Waals surface area contributed by atoms with Gasteiger partial charge in [-0.25, -0.2) is 9.48 Å². The van der Waals surface area contributed by atoms with Crippen molar-refractivity contribution < 1.29 is 9.53 Å². The Morgan fingerprint density at radius 3 is 2.58 bits per heavy atom. The van der Waals surface area contributed by atoms with Gasteiger partial charge < -0.3 is 10.2 Å². The summed E-state index contributed by atoms with van der Waals surface area (Å²) in [4.78, 5) is 12.5. The van der Waals surface area contributed by atoms with Crippen LogP contribution >= 0.6 is 12.2 Å². The monoisotopic (exact) mass is 347 g/mol. The Bertz CT molecular complexity index is 722. The lowest BCUT2D eigenvalue weighted by Crippen LogP contribution is -2.29. The molecule has 0 radical (unpaired) electrons. The predicted molar refractivity (Wildman–Crippen MR) is 97.0 cm³/mol. The van der Waals surface area contributed by atoms with Gasteiger partial charge in [0.25, 0.3) is 0 Å². The van der Waals surface area contributed by atoms with Crippen LogP contribution in [0.1, 0.15) is 26.5 Å². The van der Waals surface area contributed by atoms with Gasteiger partial charge in [-0.1, -0.05) is 30.4 Å². The number of benzene rings is 1. The number of hydrogen-bond donors (Lipinski definition) is 3. The Balaban J connectivity index is 2.30. The molecule has 0 aliphatic carbocycles. The predicted octanol–water partition coefficient (Wildman–Crippen LogP) is 2.55. The third-order valence-electron chi connectivity index (χ3n) is 2.89. The molecule has 8 heteroatoms. The number of amides is 1. The lowest BCUT2D eigenvalue weighted by atomic mass is 10.2. The molecule has 1 aromatic heterocycles. The molecule has 0 atom stereocenters. The summed E-state index contributed by atoms with van der Waals surface area (Å²) in [6.45, 7) is 5.41. The van der Waals surface area contributed by atoms with Crippen molar-refractivity contribution in [1.29, 1.82) is 0 Å². The van der Waals surface area contributed by atoms with E-state index in [1.165, 1.54) is 0 Å². The highest BCUT2D eigenvalue weighted by Gasteiger charge is 2.19. The lowest BCUT2D eigenvalue weighted by molar-refractivity contribution is 0.0635. The van der Waals surface area contributed by atoms with E-state index in [2.05, 4.69) is 15.8 Å². The number of nitrogens with one attached hydrogen (secondary N) is 2. The van der Waals surface area contributed by atoms with Crippen LogP contribution in [0.25, 0.3) is 5.69 Å². The van der Waals surface area contributed by atoms with Gasteiger partial charge in [0.05, 0.1) is 16.4 Å². The fourth-order valence-corrected chi connectivity index (χ4v) is 2.14. The lowest BCUT2D eigenvalue weighted by Gasteiger charge is -2.19. The van der Waals surface area contributed by atoms with Crippen molar-refractivity contribution in [2.75, 3.05) is 5.32 Å². The third-order valence-corrected chi connectivity index (χ3v) is 3.15. The van der Waals surface area contributed by atoms with Gasteiger partial charge in [-0.2, -0.15) is 5.10 Å². The first kappa shape index (κ1) is 17.9. The summed E-state index contributed by atoms with van der Waals surface area (Å²) in [6, 6.07) is 11.2. The van der Waals surface area contributed by atoms with E-state index in [1.807, 2.05) is 30.3 Å². The first-order valence-electron chi connectivity index (χ1n) is 7.42. The number of hydrogen-bond acceptors (Lipinski definition) is 5. The third kappa shape index (κ3) is 5.04. The molecule has 0 saturated carbocycles. The smallest absolute Gasteiger partial charge is 0.413 e. The van der Waals surface area contributed by atoms with Crippen molar-refractivity contribution in [3.05, 3.63) is 42.1 Å². The van der Waals surface area contributed by atoms with Crippen LogP contribution in [-0.4, -0.2) is 26.5 Å². The molecular formula is C16H21N5O2S. The number of nitrogens with two attached hydrogens (primary N) is 1. The van der Waals surface area contributed by atoms with Gasteiger partial charge in [-0.05, 0) is 32.9 Å². The van der Waals surface area contributed by atoms with E-state index in [-0.39, 0.29) is 0 Å². The summed E-state index contributed by atoms with van der Waals surface area (Å²) in [5, 5.41) is 7.20. The molecule has 1 amide bonds. The summed E-state index contributed by atoms with van der Waals surface area (Å²) in [5.74, 6) is 5.80. The standard InChI is InChI=1S/C16H21N5O2S/c1-16(2,3)23-15(22)18-13-9-11(10-14(24)19-17)20-21(13)12-7-5-4-6-8-12/h4-9H,10,17H2,1-3H3,(H,18,22)(H,19,24). The Hall–Kier alpha value is -2.45. The number of carbonyl (C=O) groups excluding carboxylic acids is 1. The van der Waals surface area contributed by atoms with Gasteiger partial charge in [0, 0.05) is 12.5 Å². The van der Waals surface area contributed by atoms with Crippen LogP contribution in [0.15, 0.2) is 36.4 Å².